The molecular weight excluding hydrogens is 460 g/mol. The predicted octanol–water partition coefficient (Wildman–Crippen LogP) is 3.63. The normalized spacial score (nSPS) is 17.2. The minimum absolute atomic E-state index is 0.176. The number of nitrogens with zero attached hydrogens (tertiary/aromatic N) is 3. The molecular formula is C27H28N4O5. The number of methoxy groups -OCH3 is 1. The van der Waals surface area contributed by atoms with Gasteiger partial charge in [0.2, 0.25) is 0 Å². The number of nitrogens with one attached hydrogen (secondary N) is 1. The molecule has 186 valence electrons. The van der Waals surface area contributed by atoms with Gasteiger partial charge in [-0.3, -0.25) is 14.4 Å². The summed E-state index contributed by atoms with van der Waals surface area (Å²) in [5.41, 5.74) is 5.86. The number of carbonyl (C=O) groups excluding carboxylic acids is 3. The predicted molar refractivity (Wildman–Crippen MR) is 133 cm³/mol. The van der Waals surface area contributed by atoms with Crippen LogP contribution in [0.4, 0.5) is 0 Å². The van der Waals surface area contributed by atoms with Crippen LogP contribution in [0.5, 0.6) is 0 Å². The number of hydrazone groups is 1. The standard InChI is InChI=1S/C27H28N4O5/c1-16-23-20(29-30-25(32)21-11-10-17-6-3-4-7-19(17)28-21)8-5-9-22(23)36-24(16)26(33)31-14-12-18(13-15-31)27(34)35-2/h3-4,6-7,10-11,18H,5,8-9,12-15H2,1-2H3,(H,30,32)/b29-20+. The zero-order valence-corrected chi connectivity index (χ0v) is 20.4. The maximum atomic E-state index is 13.2. The van der Waals surface area contributed by atoms with Gasteiger partial charge >= 0.3 is 5.97 Å². The van der Waals surface area contributed by atoms with Gasteiger partial charge in [0.25, 0.3) is 11.8 Å². The van der Waals surface area contributed by atoms with E-state index in [1.807, 2.05) is 37.3 Å². The van der Waals surface area contributed by atoms with Crippen molar-refractivity contribution in [2.45, 2.75) is 39.0 Å². The van der Waals surface area contributed by atoms with Gasteiger partial charge in [0.05, 0.1) is 24.3 Å². The smallest absolute Gasteiger partial charge is 0.308 e. The number of aromatic nitrogens is 1. The Labute approximate surface area is 208 Å². The fraction of sp³-hybridized carbons (Fsp3) is 0.370. The van der Waals surface area contributed by atoms with Crippen LogP contribution in [0, 0.1) is 12.8 Å². The van der Waals surface area contributed by atoms with Gasteiger partial charge in [-0.2, -0.15) is 5.10 Å². The first-order valence-electron chi connectivity index (χ1n) is 12.2. The van der Waals surface area contributed by atoms with Crippen molar-refractivity contribution < 1.29 is 23.5 Å². The number of pyridine rings is 1. The van der Waals surface area contributed by atoms with Crippen LogP contribution in [-0.4, -0.2) is 53.6 Å². The molecule has 0 bridgehead atoms. The van der Waals surface area contributed by atoms with Crippen molar-refractivity contribution in [3.8, 4) is 0 Å². The molecule has 36 heavy (non-hydrogen) atoms. The molecule has 0 spiro atoms. The van der Waals surface area contributed by atoms with E-state index in [0.29, 0.717) is 56.0 Å². The van der Waals surface area contributed by atoms with Gasteiger partial charge in [0.1, 0.15) is 11.5 Å². The highest BCUT2D eigenvalue weighted by Gasteiger charge is 2.33. The zero-order valence-electron chi connectivity index (χ0n) is 20.4. The Kier molecular flexibility index (Phi) is 6.54. The minimum Gasteiger partial charge on any atom is -0.469 e. The Morgan fingerprint density at radius 2 is 1.89 bits per heavy atom. The summed E-state index contributed by atoms with van der Waals surface area (Å²) in [5, 5.41) is 5.36. The molecule has 1 saturated heterocycles. The maximum absolute atomic E-state index is 13.2. The van der Waals surface area contributed by atoms with Crippen molar-refractivity contribution in [1.82, 2.24) is 15.3 Å². The molecule has 2 amide bonds. The number of amides is 2. The van der Waals surface area contributed by atoms with E-state index in [1.54, 1.807) is 11.0 Å². The third-order valence-electron chi connectivity index (χ3n) is 6.96. The van der Waals surface area contributed by atoms with E-state index in [-0.39, 0.29) is 23.5 Å². The summed E-state index contributed by atoms with van der Waals surface area (Å²) in [6.45, 7) is 2.79. The number of hydrogen-bond acceptors (Lipinski definition) is 7. The third-order valence-corrected chi connectivity index (χ3v) is 6.96. The molecule has 1 fully saturated rings. The first kappa shape index (κ1) is 23.7. The second-order valence-electron chi connectivity index (χ2n) is 9.19. The molecule has 2 aromatic heterocycles. The van der Waals surface area contributed by atoms with Crippen molar-refractivity contribution in [1.29, 1.82) is 0 Å². The second-order valence-corrected chi connectivity index (χ2v) is 9.19. The van der Waals surface area contributed by atoms with Gasteiger partial charge in [0, 0.05) is 36.0 Å². The molecule has 1 aliphatic carbocycles. The summed E-state index contributed by atoms with van der Waals surface area (Å²) in [7, 11) is 1.39. The maximum Gasteiger partial charge on any atom is 0.308 e. The van der Waals surface area contributed by atoms with Gasteiger partial charge in [0.15, 0.2) is 5.76 Å². The highest BCUT2D eigenvalue weighted by atomic mass is 16.5. The molecule has 1 aromatic carbocycles. The number of furan rings is 1. The van der Waals surface area contributed by atoms with Crippen LogP contribution in [0.3, 0.4) is 0 Å². The van der Waals surface area contributed by atoms with Crippen LogP contribution >= 0.6 is 0 Å². The van der Waals surface area contributed by atoms with Crippen molar-refractivity contribution in [3.05, 3.63) is 64.7 Å². The highest BCUT2D eigenvalue weighted by molar-refractivity contribution is 6.07. The van der Waals surface area contributed by atoms with E-state index >= 15 is 0 Å². The summed E-state index contributed by atoms with van der Waals surface area (Å²) < 4.78 is 10.9. The summed E-state index contributed by atoms with van der Waals surface area (Å²) in [4.78, 5) is 43.9. The number of piperidine rings is 1. The molecule has 0 saturated carbocycles. The molecule has 0 unspecified atom stereocenters. The van der Waals surface area contributed by atoms with Gasteiger partial charge in [-0.1, -0.05) is 24.3 Å². The quantitative estimate of drug-likeness (QED) is 0.443. The summed E-state index contributed by atoms with van der Waals surface area (Å²) >= 11 is 0. The van der Waals surface area contributed by atoms with E-state index in [9.17, 15) is 14.4 Å². The Morgan fingerprint density at radius 3 is 2.67 bits per heavy atom. The molecule has 5 rings (SSSR count). The Balaban J connectivity index is 1.32. The van der Waals surface area contributed by atoms with Crippen LogP contribution in [-0.2, 0) is 16.0 Å². The lowest BCUT2D eigenvalue weighted by molar-refractivity contribution is -0.146. The number of carbonyl (C=O) groups is 3. The van der Waals surface area contributed by atoms with E-state index in [0.717, 1.165) is 28.5 Å². The number of likely N-dealkylation sites (tertiary alicyclic amines) is 1. The summed E-state index contributed by atoms with van der Waals surface area (Å²) in [5.74, 6) is 0.0233. The first-order valence-corrected chi connectivity index (χ1v) is 12.2. The average Bonchev–Trinajstić information content (AvgIpc) is 3.27. The average molecular weight is 489 g/mol. The Hall–Kier alpha value is -4.01. The van der Waals surface area contributed by atoms with Crippen molar-refractivity contribution >= 4 is 34.4 Å². The number of rotatable bonds is 4. The van der Waals surface area contributed by atoms with E-state index in [2.05, 4.69) is 15.5 Å². The van der Waals surface area contributed by atoms with Gasteiger partial charge in [-0.25, -0.2) is 10.4 Å². The van der Waals surface area contributed by atoms with E-state index in [1.165, 1.54) is 7.11 Å². The number of fused-ring (bicyclic) bond motifs is 2. The monoisotopic (exact) mass is 488 g/mol. The van der Waals surface area contributed by atoms with E-state index in [4.69, 9.17) is 9.15 Å². The molecule has 3 aromatic rings. The molecule has 0 radical (unpaired) electrons. The van der Waals surface area contributed by atoms with Crippen LogP contribution in [0.2, 0.25) is 0 Å². The number of para-hydroxylation sites is 1. The van der Waals surface area contributed by atoms with Crippen LogP contribution < -0.4 is 5.43 Å². The van der Waals surface area contributed by atoms with Gasteiger partial charge in [-0.05, 0) is 44.7 Å². The Morgan fingerprint density at radius 1 is 1.11 bits per heavy atom. The summed E-state index contributed by atoms with van der Waals surface area (Å²) in [6, 6.07) is 11.1. The van der Waals surface area contributed by atoms with Crippen molar-refractivity contribution in [2.24, 2.45) is 11.0 Å². The molecule has 9 nitrogen and oxygen atoms in total. The lowest BCUT2D eigenvalue weighted by atomic mass is 9.93. The fourth-order valence-corrected chi connectivity index (χ4v) is 4.98. The lowest BCUT2D eigenvalue weighted by Crippen LogP contribution is -2.40. The van der Waals surface area contributed by atoms with Crippen molar-refractivity contribution in [3.63, 3.8) is 0 Å². The number of benzene rings is 1. The largest absolute Gasteiger partial charge is 0.469 e. The van der Waals surface area contributed by atoms with E-state index < -0.39 is 5.91 Å². The first-order chi connectivity index (χ1) is 17.5. The van der Waals surface area contributed by atoms with Gasteiger partial charge < -0.3 is 14.1 Å². The molecule has 3 heterocycles. The summed E-state index contributed by atoms with van der Waals surface area (Å²) in [6.07, 6.45) is 3.31. The third kappa shape index (κ3) is 4.48. The SMILES string of the molecule is COC(=O)C1CCN(C(=O)c2oc3c(c2C)/C(=N/NC(=O)c2ccc4ccccc4n2)CCC3)CC1. The molecule has 2 aliphatic rings. The molecule has 1 aliphatic heterocycles. The zero-order chi connectivity index (χ0) is 25.2. The molecule has 9 heteroatoms. The Bertz CT molecular complexity index is 1370. The highest BCUT2D eigenvalue weighted by Crippen LogP contribution is 2.31. The number of hydrogen-bond donors (Lipinski definition) is 1. The van der Waals surface area contributed by atoms with Crippen LogP contribution in [0.1, 0.15) is 63.6 Å². The molecule has 0 atom stereocenters. The van der Waals surface area contributed by atoms with Gasteiger partial charge in [-0.15, -0.1) is 0 Å². The van der Waals surface area contributed by atoms with Crippen molar-refractivity contribution in [2.75, 3.05) is 20.2 Å². The van der Waals surface area contributed by atoms with Crippen LogP contribution in [0.15, 0.2) is 45.9 Å². The fourth-order valence-electron chi connectivity index (χ4n) is 4.98. The topological polar surface area (TPSA) is 114 Å². The van der Waals surface area contributed by atoms with Crippen LogP contribution in [0.25, 0.3) is 10.9 Å². The minimum atomic E-state index is -0.397. The molecule has 1 N–H and O–H groups in total. The number of esters is 1. The number of ether oxygens (including phenoxy) is 1. The second kappa shape index (κ2) is 9.93. The lowest BCUT2D eigenvalue weighted by Gasteiger charge is -2.30. The number of aryl methyl sites for hydroxylation is 1.